The van der Waals surface area contributed by atoms with Crippen LogP contribution in [-0.4, -0.2) is 49.1 Å². The SMILES string of the molecule is C[C-](C)C.C[C-](C)C.O=[C-]Nc1ncccc1[O-].[Ca+2]. The first-order valence-electron chi connectivity index (χ1n) is 5.60. The first-order chi connectivity index (χ1) is 8.31. The minimum absolute atomic E-state index is 0. The summed E-state index contributed by atoms with van der Waals surface area (Å²) >= 11 is 0. The Labute approximate surface area is 147 Å². The second kappa shape index (κ2) is 15.7. The van der Waals surface area contributed by atoms with E-state index in [1.165, 1.54) is 36.6 Å². The van der Waals surface area contributed by atoms with Crippen molar-refractivity contribution < 1.29 is 9.90 Å². The summed E-state index contributed by atoms with van der Waals surface area (Å²) in [6.07, 6.45) is 2.78. The van der Waals surface area contributed by atoms with Crippen LogP contribution in [0.3, 0.4) is 0 Å². The zero-order valence-corrected chi connectivity index (χ0v) is 14.9. The van der Waals surface area contributed by atoms with Crippen LogP contribution in [0.25, 0.3) is 0 Å². The third-order valence-electron chi connectivity index (χ3n) is 0.940. The molecule has 19 heavy (non-hydrogen) atoms. The Hall–Kier alpha value is -0.320. The smallest absolute Gasteiger partial charge is 0.884 e. The van der Waals surface area contributed by atoms with Crippen molar-refractivity contribution >= 4 is 50.0 Å². The minimum Gasteiger partial charge on any atom is -0.884 e. The molecule has 0 saturated heterocycles. The first kappa shape index (κ1) is 23.7. The molecule has 1 rings (SSSR count). The van der Waals surface area contributed by atoms with Gasteiger partial charge in [-0.3, -0.25) is 0 Å². The van der Waals surface area contributed by atoms with Gasteiger partial charge in [-0.25, -0.2) is 0 Å². The third-order valence-corrected chi connectivity index (χ3v) is 0.940. The molecule has 5 heteroatoms. The summed E-state index contributed by atoms with van der Waals surface area (Å²) in [6, 6.07) is 2.81. The molecule has 1 heterocycles. The standard InChI is InChI=1S/C6H5N2O2.2C4H9.Ca/c9-4-8-6-5(10)2-1-3-7-6;2*1-4(2)3;/h1-3,10H,(H,7,8,9);2*1-3H3;/q3*-1;+2/p-1. The van der Waals surface area contributed by atoms with Gasteiger partial charge in [-0.2, -0.15) is 47.3 Å². The second-order valence-electron chi connectivity index (χ2n) is 4.58. The predicted molar refractivity (Wildman–Crippen MR) is 79.3 cm³/mol. The van der Waals surface area contributed by atoms with Crippen molar-refractivity contribution in [3.05, 3.63) is 30.2 Å². The van der Waals surface area contributed by atoms with Crippen molar-refractivity contribution in [2.24, 2.45) is 0 Å². The summed E-state index contributed by atoms with van der Waals surface area (Å²) in [5, 5.41) is 12.8. The molecule has 0 aromatic carbocycles. The van der Waals surface area contributed by atoms with Crippen molar-refractivity contribution in [2.45, 2.75) is 41.5 Å². The number of pyridine rings is 1. The number of rotatable bonds is 2. The van der Waals surface area contributed by atoms with Gasteiger partial charge in [0.15, 0.2) is 0 Å². The fourth-order valence-corrected chi connectivity index (χ4v) is 0.533. The zero-order chi connectivity index (χ0) is 14.6. The Kier molecular flexibility index (Phi) is 19.7. The third kappa shape index (κ3) is 23.2. The quantitative estimate of drug-likeness (QED) is 0.517. The molecule has 0 bridgehead atoms. The molecular formula is C14H22CaN2O2-2. The van der Waals surface area contributed by atoms with Crippen molar-refractivity contribution in [2.75, 3.05) is 5.32 Å². The van der Waals surface area contributed by atoms with E-state index >= 15 is 0 Å². The van der Waals surface area contributed by atoms with Gasteiger partial charge >= 0.3 is 37.7 Å². The number of aromatic nitrogens is 1. The first-order valence-corrected chi connectivity index (χ1v) is 5.60. The van der Waals surface area contributed by atoms with Crippen molar-refractivity contribution in [1.29, 1.82) is 0 Å². The summed E-state index contributed by atoms with van der Waals surface area (Å²) in [5.74, 6) is 2.53. The predicted octanol–water partition coefficient (Wildman–Crippen LogP) is 2.49. The summed E-state index contributed by atoms with van der Waals surface area (Å²) in [4.78, 5) is 13.3. The molecule has 0 radical (unpaired) electrons. The monoisotopic (exact) mass is 290 g/mol. The molecule has 1 aromatic rings. The number of nitrogens with zero attached hydrogens (tertiary/aromatic N) is 1. The Bertz CT molecular complexity index is 307. The molecule has 0 unspecified atom stereocenters. The normalized spacial score (nSPS) is 8.42. The van der Waals surface area contributed by atoms with Crippen LogP contribution >= 0.6 is 0 Å². The van der Waals surface area contributed by atoms with E-state index in [9.17, 15) is 9.90 Å². The van der Waals surface area contributed by atoms with Crippen molar-refractivity contribution in [3.8, 4) is 5.75 Å². The molecule has 0 aliphatic carbocycles. The van der Waals surface area contributed by atoms with Gasteiger partial charge in [0.1, 0.15) is 0 Å². The van der Waals surface area contributed by atoms with Crippen LogP contribution in [0.2, 0.25) is 0 Å². The van der Waals surface area contributed by atoms with E-state index in [1.807, 2.05) is 5.32 Å². The van der Waals surface area contributed by atoms with Crippen molar-refractivity contribution in [1.82, 2.24) is 4.98 Å². The van der Waals surface area contributed by atoms with Crippen LogP contribution in [0.15, 0.2) is 18.3 Å². The average molecular weight is 290 g/mol. The molecule has 1 amide bonds. The maximum atomic E-state index is 10.7. The molecule has 104 valence electrons. The molecule has 0 atom stereocenters. The fraction of sp³-hybridized carbons (Fsp3) is 0.429. The number of hydrogen-bond donors (Lipinski definition) is 1. The summed E-state index contributed by atoms with van der Waals surface area (Å²) < 4.78 is 0. The molecule has 1 aromatic heterocycles. The zero-order valence-electron chi connectivity index (χ0n) is 12.7. The van der Waals surface area contributed by atoms with Crippen LogP contribution in [0, 0.1) is 11.8 Å². The van der Waals surface area contributed by atoms with E-state index in [-0.39, 0.29) is 49.3 Å². The number of carbonyl (C=O) groups excluding carboxylic acids is 1. The van der Waals surface area contributed by atoms with Gasteiger partial charge in [0, 0.05) is 6.20 Å². The van der Waals surface area contributed by atoms with Crippen LogP contribution in [0.5, 0.6) is 5.75 Å². The Morgan fingerprint density at radius 1 is 1.16 bits per heavy atom. The molecule has 0 saturated carbocycles. The fourth-order valence-electron chi connectivity index (χ4n) is 0.533. The molecule has 0 aliphatic rings. The summed E-state index contributed by atoms with van der Waals surface area (Å²) in [7, 11) is 0. The Morgan fingerprint density at radius 3 is 1.89 bits per heavy atom. The molecule has 0 aliphatic heterocycles. The van der Waals surface area contributed by atoms with E-state index in [2.05, 4.69) is 46.5 Å². The van der Waals surface area contributed by atoms with Gasteiger partial charge in [0.2, 0.25) is 0 Å². The van der Waals surface area contributed by atoms with Gasteiger partial charge in [-0.1, -0.05) is 6.07 Å². The number of anilines is 1. The topological polar surface area (TPSA) is 65.0 Å². The minimum atomic E-state index is -0.314. The van der Waals surface area contributed by atoms with Gasteiger partial charge in [-0.05, 0) is 11.9 Å². The van der Waals surface area contributed by atoms with E-state index < -0.39 is 0 Å². The molecule has 1 N–H and O–H groups in total. The summed E-state index contributed by atoms with van der Waals surface area (Å²) in [5.41, 5.74) is 0. The second-order valence-corrected chi connectivity index (χ2v) is 4.58. The molecule has 0 spiro atoms. The van der Waals surface area contributed by atoms with Crippen LogP contribution < -0.4 is 10.4 Å². The summed E-state index contributed by atoms with van der Waals surface area (Å²) in [6.45, 7) is 12.5. The van der Waals surface area contributed by atoms with Crippen LogP contribution in [0.1, 0.15) is 41.5 Å². The number of hydrogen-bond acceptors (Lipinski definition) is 3. The van der Waals surface area contributed by atoms with Gasteiger partial charge in [0.05, 0.1) is 6.41 Å². The van der Waals surface area contributed by atoms with E-state index in [0.29, 0.717) is 0 Å². The van der Waals surface area contributed by atoms with Crippen LogP contribution in [0.4, 0.5) is 5.82 Å². The Morgan fingerprint density at radius 2 is 1.58 bits per heavy atom. The number of amides is 1. The largest absolute Gasteiger partial charge is 2.00 e. The van der Waals surface area contributed by atoms with E-state index in [0.717, 1.165) is 0 Å². The molecular weight excluding hydrogens is 268 g/mol. The van der Waals surface area contributed by atoms with Gasteiger partial charge in [-0.15, -0.1) is 0 Å². The maximum absolute atomic E-state index is 10.7. The Balaban J connectivity index is -0.000000242. The van der Waals surface area contributed by atoms with Gasteiger partial charge < -0.3 is 32.0 Å². The van der Waals surface area contributed by atoms with Gasteiger partial charge in [0.25, 0.3) is 0 Å². The molecule has 4 nitrogen and oxygen atoms in total. The molecule has 0 fully saturated rings. The number of nitrogens with one attached hydrogen (secondary N) is 1. The average Bonchev–Trinajstić information content (AvgIpc) is 2.20. The van der Waals surface area contributed by atoms with Crippen molar-refractivity contribution in [3.63, 3.8) is 0 Å². The van der Waals surface area contributed by atoms with E-state index in [4.69, 9.17) is 0 Å². The maximum Gasteiger partial charge on any atom is 2.00 e. The van der Waals surface area contributed by atoms with Crippen LogP contribution in [-0.2, 0) is 4.79 Å². The van der Waals surface area contributed by atoms with E-state index in [1.54, 1.807) is 0 Å².